The summed E-state index contributed by atoms with van der Waals surface area (Å²) in [5.41, 5.74) is 8.09. The first-order chi connectivity index (χ1) is 10.5. The summed E-state index contributed by atoms with van der Waals surface area (Å²) in [6.07, 6.45) is 4.99. The van der Waals surface area contributed by atoms with Crippen molar-refractivity contribution in [2.45, 2.75) is 69.1 Å². The van der Waals surface area contributed by atoms with Gasteiger partial charge in [-0.25, -0.2) is 0 Å². The third-order valence-corrected chi connectivity index (χ3v) is 5.81. The average Bonchev–Trinajstić information content (AvgIpc) is 2.87. The van der Waals surface area contributed by atoms with Crippen LogP contribution in [0.15, 0.2) is 23.1 Å². The van der Waals surface area contributed by atoms with E-state index in [4.69, 9.17) is 5.73 Å². The molecule has 23 heavy (non-hydrogen) atoms. The van der Waals surface area contributed by atoms with Crippen LogP contribution < -0.4 is 11.1 Å². The first-order valence-corrected chi connectivity index (χ1v) is 9.20. The summed E-state index contributed by atoms with van der Waals surface area (Å²) in [7, 11) is 0. The van der Waals surface area contributed by atoms with Gasteiger partial charge in [-0.2, -0.15) is 0 Å². The zero-order chi connectivity index (χ0) is 16.1. The predicted octanol–water partition coefficient (Wildman–Crippen LogP) is 4.76. The maximum atomic E-state index is 12.2. The minimum Gasteiger partial charge on any atom is -0.327 e. The third kappa shape index (κ3) is 6.02. The van der Waals surface area contributed by atoms with E-state index in [0.717, 1.165) is 36.9 Å². The molecule has 0 radical (unpaired) electrons. The van der Waals surface area contributed by atoms with Crippen molar-refractivity contribution in [1.82, 2.24) is 0 Å². The van der Waals surface area contributed by atoms with Crippen molar-refractivity contribution < 1.29 is 4.79 Å². The Hall–Kier alpha value is -0.710. The van der Waals surface area contributed by atoms with Crippen molar-refractivity contribution in [2.75, 3.05) is 5.32 Å². The number of carbonyl (C=O) groups is 1. The Labute approximate surface area is 150 Å². The van der Waals surface area contributed by atoms with Crippen molar-refractivity contribution in [3.63, 3.8) is 0 Å². The van der Waals surface area contributed by atoms with Crippen LogP contribution in [0.2, 0.25) is 0 Å². The molecule has 0 spiro atoms. The quantitative estimate of drug-likeness (QED) is 0.722. The highest BCUT2D eigenvalue weighted by Gasteiger charge is 2.26. The molecule has 0 aromatic heterocycles. The molecule has 2 rings (SSSR count). The number of hydrogen-bond donors (Lipinski definition) is 2. The number of rotatable bonds is 6. The molecule has 0 bridgehead atoms. The van der Waals surface area contributed by atoms with Gasteiger partial charge in [-0.3, -0.25) is 4.79 Å². The fourth-order valence-corrected chi connectivity index (χ4v) is 3.95. The molecule has 130 valence electrons. The van der Waals surface area contributed by atoms with E-state index in [0.29, 0.717) is 17.6 Å². The van der Waals surface area contributed by atoms with Gasteiger partial charge in [-0.15, -0.1) is 24.2 Å². The lowest BCUT2D eigenvalue weighted by molar-refractivity contribution is -0.117. The van der Waals surface area contributed by atoms with E-state index < -0.39 is 0 Å². The Kier molecular flexibility index (Phi) is 8.45. The molecule has 1 aliphatic rings. The van der Waals surface area contributed by atoms with Crippen LogP contribution in [0, 0.1) is 12.8 Å². The molecule has 1 fully saturated rings. The first kappa shape index (κ1) is 20.3. The minimum absolute atomic E-state index is 0. The molecule has 1 aromatic carbocycles. The summed E-state index contributed by atoms with van der Waals surface area (Å²) in [5, 5.41) is 3.66. The van der Waals surface area contributed by atoms with Crippen molar-refractivity contribution in [3.05, 3.63) is 23.8 Å². The molecule has 3 nitrogen and oxygen atoms in total. The number of nitrogens with one attached hydrogen (secondary N) is 1. The summed E-state index contributed by atoms with van der Waals surface area (Å²) in [5.74, 6) is 0.438. The second-order valence-corrected chi connectivity index (χ2v) is 7.93. The number of thioether (sulfide) groups is 1. The number of hydrogen-bond acceptors (Lipinski definition) is 3. The van der Waals surface area contributed by atoms with Gasteiger partial charge in [0, 0.05) is 28.3 Å². The zero-order valence-electron chi connectivity index (χ0n) is 14.3. The van der Waals surface area contributed by atoms with E-state index in [1.54, 1.807) is 0 Å². The Balaban J connectivity index is 0.00000264. The lowest BCUT2D eigenvalue weighted by Crippen LogP contribution is -2.28. The largest absolute Gasteiger partial charge is 0.327 e. The highest BCUT2D eigenvalue weighted by Crippen LogP contribution is 2.30. The van der Waals surface area contributed by atoms with Gasteiger partial charge in [-0.05, 0) is 55.9 Å². The SMILES string of the molecule is CCC(C)Sc1ccc(NC(=O)C[C@@H]2CCC[C@H]2N)c(C)c1.Cl. The van der Waals surface area contributed by atoms with Gasteiger partial charge < -0.3 is 11.1 Å². The second kappa shape index (κ2) is 9.55. The fourth-order valence-electron chi connectivity index (χ4n) is 2.92. The summed E-state index contributed by atoms with van der Waals surface area (Å²) in [4.78, 5) is 13.5. The Morgan fingerprint density at radius 1 is 1.43 bits per heavy atom. The second-order valence-electron chi connectivity index (χ2n) is 6.42. The van der Waals surface area contributed by atoms with Gasteiger partial charge in [-0.1, -0.05) is 20.3 Å². The van der Waals surface area contributed by atoms with E-state index in [1.165, 1.54) is 4.90 Å². The van der Waals surface area contributed by atoms with Crippen LogP contribution in [0.3, 0.4) is 0 Å². The Morgan fingerprint density at radius 2 is 2.17 bits per heavy atom. The summed E-state index contributed by atoms with van der Waals surface area (Å²) < 4.78 is 0. The molecular weight excluding hydrogens is 328 g/mol. The molecule has 3 atom stereocenters. The Morgan fingerprint density at radius 3 is 2.74 bits per heavy atom. The third-order valence-electron chi connectivity index (χ3n) is 4.55. The van der Waals surface area contributed by atoms with Crippen LogP contribution in [0.5, 0.6) is 0 Å². The van der Waals surface area contributed by atoms with E-state index >= 15 is 0 Å². The first-order valence-electron chi connectivity index (χ1n) is 8.32. The van der Waals surface area contributed by atoms with E-state index in [-0.39, 0.29) is 24.4 Å². The maximum absolute atomic E-state index is 12.2. The molecule has 0 aliphatic heterocycles. The van der Waals surface area contributed by atoms with Crippen LogP contribution in [0.4, 0.5) is 5.69 Å². The molecule has 0 heterocycles. The highest BCUT2D eigenvalue weighted by molar-refractivity contribution is 7.99. The van der Waals surface area contributed by atoms with Crippen LogP contribution in [0.25, 0.3) is 0 Å². The van der Waals surface area contributed by atoms with Crippen molar-refractivity contribution in [3.8, 4) is 0 Å². The standard InChI is InChI=1S/C18H28N2OS.ClH/c1-4-13(3)22-15-8-9-17(12(2)10-15)20-18(21)11-14-6-5-7-16(14)19;/h8-10,13-14,16H,4-7,11,19H2,1-3H3,(H,20,21);1H/t13?,14-,16+;/m0./s1. The van der Waals surface area contributed by atoms with Crippen molar-refractivity contribution in [2.24, 2.45) is 11.7 Å². The zero-order valence-corrected chi connectivity index (χ0v) is 15.9. The number of carbonyl (C=O) groups excluding carboxylic acids is 1. The van der Waals surface area contributed by atoms with Crippen LogP contribution in [-0.4, -0.2) is 17.2 Å². The molecule has 0 saturated heterocycles. The van der Waals surface area contributed by atoms with Gasteiger partial charge in [0.15, 0.2) is 0 Å². The number of halogens is 1. The number of aryl methyl sites for hydroxylation is 1. The summed E-state index contributed by atoms with van der Waals surface area (Å²) in [6, 6.07) is 6.47. The van der Waals surface area contributed by atoms with Gasteiger partial charge in [0.2, 0.25) is 5.91 Å². The number of benzene rings is 1. The van der Waals surface area contributed by atoms with Crippen molar-refractivity contribution in [1.29, 1.82) is 0 Å². The molecule has 1 aliphatic carbocycles. The van der Waals surface area contributed by atoms with Gasteiger partial charge in [0.05, 0.1) is 0 Å². The Bertz CT molecular complexity index is 524. The number of anilines is 1. The lowest BCUT2D eigenvalue weighted by Gasteiger charge is -2.16. The molecule has 3 N–H and O–H groups in total. The van der Waals surface area contributed by atoms with Crippen LogP contribution in [0.1, 0.15) is 51.5 Å². The topological polar surface area (TPSA) is 55.1 Å². The smallest absolute Gasteiger partial charge is 0.224 e. The summed E-state index contributed by atoms with van der Waals surface area (Å²) in [6.45, 7) is 6.49. The van der Waals surface area contributed by atoms with E-state index in [2.05, 4.69) is 38.2 Å². The van der Waals surface area contributed by atoms with Gasteiger partial charge in [0.1, 0.15) is 0 Å². The lowest BCUT2D eigenvalue weighted by atomic mass is 10.00. The fraction of sp³-hybridized carbons (Fsp3) is 0.611. The molecule has 1 aromatic rings. The monoisotopic (exact) mass is 356 g/mol. The predicted molar refractivity (Wildman–Crippen MR) is 103 cm³/mol. The average molecular weight is 357 g/mol. The highest BCUT2D eigenvalue weighted by atomic mass is 35.5. The number of nitrogens with two attached hydrogens (primary N) is 1. The van der Waals surface area contributed by atoms with Crippen LogP contribution >= 0.6 is 24.2 Å². The molecule has 1 amide bonds. The summed E-state index contributed by atoms with van der Waals surface area (Å²) >= 11 is 1.88. The van der Waals surface area contributed by atoms with Gasteiger partial charge >= 0.3 is 0 Å². The van der Waals surface area contributed by atoms with Gasteiger partial charge in [0.25, 0.3) is 0 Å². The maximum Gasteiger partial charge on any atom is 0.224 e. The van der Waals surface area contributed by atoms with E-state index in [1.807, 2.05) is 17.8 Å². The number of amides is 1. The van der Waals surface area contributed by atoms with Crippen LogP contribution in [-0.2, 0) is 4.79 Å². The minimum atomic E-state index is 0. The molecule has 1 unspecified atom stereocenters. The molecule has 1 saturated carbocycles. The van der Waals surface area contributed by atoms with E-state index in [9.17, 15) is 4.79 Å². The normalized spacial score (nSPS) is 21.6. The molecular formula is C18H29ClN2OS. The van der Waals surface area contributed by atoms with Crippen molar-refractivity contribution >= 4 is 35.8 Å². The molecule has 5 heteroatoms.